The Kier molecular flexibility index (Phi) is 6.85. The van der Waals surface area contributed by atoms with E-state index in [0.29, 0.717) is 26.4 Å². The summed E-state index contributed by atoms with van der Waals surface area (Å²) in [6, 6.07) is 0. The molecule has 0 aromatic carbocycles. The fourth-order valence-corrected chi connectivity index (χ4v) is 2.19. The zero-order valence-corrected chi connectivity index (χ0v) is 13.0. The number of hydrogen-bond acceptors (Lipinski definition) is 6. The first-order valence-electron chi connectivity index (χ1n) is 7.62. The molecule has 0 bridgehead atoms. The minimum Gasteiger partial charge on any atom is -0.382 e. The molecule has 0 fully saturated rings. The maximum absolute atomic E-state index is 5.52. The van der Waals surface area contributed by atoms with Crippen LogP contribution in [-0.4, -0.2) is 50.1 Å². The lowest BCUT2D eigenvalue weighted by atomic mass is 10.1. The Balaban J connectivity index is 2.00. The van der Waals surface area contributed by atoms with Crippen LogP contribution in [0.15, 0.2) is 0 Å². The molecule has 2 rings (SSSR count). The zero-order valence-electron chi connectivity index (χ0n) is 13.0. The minimum atomic E-state index is 0.603. The molecule has 0 unspecified atom stereocenters. The molecular formula is C15H25N3O3. The third kappa shape index (κ3) is 4.91. The molecule has 1 aromatic rings. The molecule has 6 heteroatoms. The van der Waals surface area contributed by atoms with Gasteiger partial charge in [-0.2, -0.15) is 0 Å². The highest BCUT2D eigenvalue weighted by atomic mass is 16.5. The van der Waals surface area contributed by atoms with Gasteiger partial charge < -0.3 is 19.5 Å². The molecule has 0 spiro atoms. The van der Waals surface area contributed by atoms with Crippen molar-refractivity contribution in [1.29, 1.82) is 0 Å². The predicted molar refractivity (Wildman–Crippen MR) is 80.6 cm³/mol. The maximum atomic E-state index is 5.52. The van der Waals surface area contributed by atoms with Gasteiger partial charge in [-0.1, -0.05) is 6.92 Å². The van der Waals surface area contributed by atoms with Crippen LogP contribution in [0, 0.1) is 0 Å². The summed E-state index contributed by atoms with van der Waals surface area (Å²) in [6.07, 6.45) is 2.64. The Hall–Kier alpha value is -1.24. The van der Waals surface area contributed by atoms with Crippen LogP contribution in [0.25, 0.3) is 0 Å². The van der Waals surface area contributed by atoms with Crippen LogP contribution in [0.5, 0.6) is 0 Å². The summed E-state index contributed by atoms with van der Waals surface area (Å²) < 4.78 is 16.0. The normalized spacial score (nSPS) is 14.0. The molecule has 6 nitrogen and oxygen atoms in total. The molecule has 0 aliphatic carbocycles. The fraction of sp³-hybridized carbons (Fsp3) is 0.733. The van der Waals surface area contributed by atoms with Crippen molar-refractivity contribution >= 4 is 5.82 Å². The highest BCUT2D eigenvalue weighted by molar-refractivity contribution is 5.47. The molecule has 21 heavy (non-hydrogen) atoms. The molecule has 1 aliphatic rings. The fourth-order valence-electron chi connectivity index (χ4n) is 2.19. The van der Waals surface area contributed by atoms with Gasteiger partial charge >= 0.3 is 0 Å². The van der Waals surface area contributed by atoms with E-state index < -0.39 is 0 Å². The second kappa shape index (κ2) is 8.92. The van der Waals surface area contributed by atoms with E-state index in [1.807, 2.05) is 0 Å². The molecule has 1 N–H and O–H groups in total. The van der Waals surface area contributed by atoms with Crippen molar-refractivity contribution in [3.63, 3.8) is 0 Å². The zero-order chi connectivity index (χ0) is 14.9. The van der Waals surface area contributed by atoms with Crippen molar-refractivity contribution in [1.82, 2.24) is 9.97 Å². The first-order valence-corrected chi connectivity index (χ1v) is 7.62. The van der Waals surface area contributed by atoms with Crippen LogP contribution in [0.2, 0.25) is 0 Å². The third-order valence-corrected chi connectivity index (χ3v) is 3.31. The van der Waals surface area contributed by atoms with Crippen LogP contribution < -0.4 is 5.32 Å². The summed E-state index contributed by atoms with van der Waals surface area (Å²) in [5.41, 5.74) is 2.22. The van der Waals surface area contributed by atoms with Crippen molar-refractivity contribution in [2.45, 2.75) is 32.8 Å². The summed E-state index contributed by atoms with van der Waals surface area (Å²) >= 11 is 0. The first-order chi connectivity index (χ1) is 10.3. The molecule has 0 amide bonds. The number of nitrogens with zero attached hydrogens (tertiary/aromatic N) is 2. The summed E-state index contributed by atoms with van der Waals surface area (Å²) in [7, 11) is 1.67. The van der Waals surface area contributed by atoms with Gasteiger partial charge in [-0.3, -0.25) is 0 Å². The standard InChI is InChI=1S/C15H25N3O3/c1-3-6-16-15-12-11-21-7-4-13(12)17-14(18-15)5-8-20-10-9-19-2/h3-11H2,1-2H3,(H,16,17,18). The van der Waals surface area contributed by atoms with Crippen LogP contribution in [-0.2, 0) is 33.7 Å². The van der Waals surface area contributed by atoms with E-state index in [4.69, 9.17) is 14.2 Å². The summed E-state index contributed by atoms with van der Waals surface area (Å²) in [4.78, 5) is 9.29. The molecule has 1 aromatic heterocycles. The lowest BCUT2D eigenvalue weighted by molar-refractivity contribution is 0.0715. The lowest BCUT2D eigenvalue weighted by Crippen LogP contribution is -2.19. The number of aromatic nitrogens is 2. The molecule has 0 saturated heterocycles. The molecule has 1 aliphatic heterocycles. The number of nitrogens with one attached hydrogen (secondary N) is 1. The third-order valence-electron chi connectivity index (χ3n) is 3.31. The monoisotopic (exact) mass is 295 g/mol. The van der Waals surface area contributed by atoms with Crippen molar-refractivity contribution in [2.24, 2.45) is 0 Å². The van der Waals surface area contributed by atoms with E-state index in [1.54, 1.807) is 7.11 Å². The Bertz CT molecular complexity index is 440. The van der Waals surface area contributed by atoms with Gasteiger partial charge in [0.05, 0.1) is 38.7 Å². The number of fused-ring (bicyclic) bond motifs is 1. The topological polar surface area (TPSA) is 65.5 Å². The second-order valence-corrected chi connectivity index (χ2v) is 5.00. The van der Waals surface area contributed by atoms with Crippen LogP contribution in [0.3, 0.4) is 0 Å². The minimum absolute atomic E-state index is 0.603. The Labute approximate surface area is 126 Å². The molecule has 2 heterocycles. The van der Waals surface area contributed by atoms with Gasteiger partial charge in [0.1, 0.15) is 11.6 Å². The van der Waals surface area contributed by atoms with Gasteiger partial charge in [0.2, 0.25) is 0 Å². The number of anilines is 1. The highest BCUT2D eigenvalue weighted by Crippen LogP contribution is 2.22. The van der Waals surface area contributed by atoms with Crippen LogP contribution in [0.1, 0.15) is 30.4 Å². The Morgan fingerprint density at radius 3 is 2.95 bits per heavy atom. The molecule has 0 saturated carbocycles. The van der Waals surface area contributed by atoms with Gasteiger partial charge in [0.15, 0.2) is 0 Å². The molecule has 118 valence electrons. The number of methoxy groups -OCH3 is 1. The smallest absolute Gasteiger partial charge is 0.135 e. The number of ether oxygens (including phenoxy) is 3. The lowest BCUT2D eigenvalue weighted by Gasteiger charge is -2.20. The van der Waals surface area contributed by atoms with Crippen LogP contribution in [0.4, 0.5) is 5.82 Å². The average Bonchev–Trinajstić information content (AvgIpc) is 2.52. The van der Waals surface area contributed by atoms with E-state index in [2.05, 4.69) is 22.2 Å². The highest BCUT2D eigenvalue weighted by Gasteiger charge is 2.17. The SMILES string of the molecule is CCCNc1nc(CCOCCOC)nc2c1COCC2. The number of rotatable bonds is 9. The summed E-state index contributed by atoms with van der Waals surface area (Å²) in [5.74, 6) is 1.76. The van der Waals surface area contributed by atoms with E-state index >= 15 is 0 Å². The van der Waals surface area contributed by atoms with Gasteiger partial charge in [-0.05, 0) is 6.42 Å². The Morgan fingerprint density at radius 2 is 2.14 bits per heavy atom. The van der Waals surface area contributed by atoms with E-state index in [-0.39, 0.29) is 0 Å². The number of hydrogen-bond donors (Lipinski definition) is 1. The van der Waals surface area contributed by atoms with Crippen molar-refractivity contribution in [3.05, 3.63) is 17.1 Å². The average molecular weight is 295 g/mol. The van der Waals surface area contributed by atoms with Crippen molar-refractivity contribution < 1.29 is 14.2 Å². The van der Waals surface area contributed by atoms with Gasteiger partial charge in [0.25, 0.3) is 0 Å². The van der Waals surface area contributed by atoms with Gasteiger partial charge in [-0.15, -0.1) is 0 Å². The molecule has 0 radical (unpaired) electrons. The maximum Gasteiger partial charge on any atom is 0.135 e. The van der Waals surface area contributed by atoms with E-state index in [9.17, 15) is 0 Å². The van der Waals surface area contributed by atoms with Crippen LogP contribution >= 0.6 is 0 Å². The predicted octanol–water partition coefficient (Wildman–Crippen LogP) is 1.58. The largest absolute Gasteiger partial charge is 0.382 e. The summed E-state index contributed by atoms with van der Waals surface area (Å²) in [6.45, 7) is 6.23. The second-order valence-electron chi connectivity index (χ2n) is 5.00. The van der Waals surface area contributed by atoms with Gasteiger partial charge in [0, 0.05) is 32.1 Å². The first kappa shape index (κ1) is 16.1. The van der Waals surface area contributed by atoms with E-state index in [0.717, 1.165) is 55.3 Å². The van der Waals surface area contributed by atoms with Crippen molar-refractivity contribution in [3.8, 4) is 0 Å². The molecule has 0 atom stereocenters. The van der Waals surface area contributed by atoms with Gasteiger partial charge in [-0.25, -0.2) is 9.97 Å². The van der Waals surface area contributed by atoms with E-state index in [1.165, 1.54) is 0 Å². The summed E-state index contributed by atoms with van der Waals surface area (Å²) in [5, 5.41) is 3.38. The quantitative estimate of drug-likeness (QED) is 0.698. The van der Waals surface area contributed by atoms with Crippen molar-refractivity contribution in [2.75, 3.05) is 45.4 Å². The molecular weight excluding hydrogens is 270 g/mol. The Morgan fingerprint density at radius 1 is 1.24 bits per heavy atom.